The Hall–Kier alpha value is -2.01. The fourth-order valence-corrected chi connectivity index (χ4v) is 2.10. The Morgan fingerprint density at radius 1 is 1.16 bits per heavy atom. The first-order chi connectivity index (χ1) is 8.97. The van der Waals surface area contributed by atoms with Gasteiger partial charge in [0.25, 0.3) is 0 Å². The number of rotatable bonds is 3. The Kier molecular flexibility index (Phi) is 3.76. The normalized spacial score (nSPS) is 10.2. The number of benzene rings is 2. The van der Waals surface area contributed by atoms with Crippen LogP contribution in [0.15, 0.2) is 40.9 Å². The molecule has 0 aliphatic carbocycles. The van der Waals surface area contributed by atoms with E-state index in [2.05, 4.69) is 15.9 Å². The number of primary amides is 1. The van der Waals surface area contributed by atoms with Gasteiger partial charge in [-0.25, -0.2) is 0 Å². The highest BCUT2D eigenvalue weighted by Crippen LogP contribution is 2.32. The second-order valence-corrected chi connectivity index (χ2v) is 4.99. The van der Waals surface area contributed by atoms with Crippen molar-refractivity contribution in [2.45, 2.75) is 6.92 Å². The predicted molar refractivity (Wildman–Crippen MR) is 78.3 cm³/mol. The average Bonchev–Trinajstić information content (AvgIpc) is 2.34. The number of hydrogen-bond acceptors (Lipinski definition) is 3. The van der Waals surface area contributed by atoms with Crippen molar-refractivity contribution in [1.82, 2.24) is 0 Å². The number of carbonyl (C=O) groups excluding carboxylic acids is 1. The molecular formula is C14H13BrN2O2. The SMILES string of the molecule is Cc1cc(N)ccc1Oc1ccc(C(N)=O)cc1Br. The smallest absolute Gasteiger partial charge is 0.248 e. The van der Waals surface area contributed by atoms with Crippen LogP contribution in [0, 0.1) is 6.92 Å². The number of ether oxygens (including phenoxy) is 1. The third-order valence-electron chi connectivity index (χ3n) is 2.64. The number of nitrogen functional groups attached to an aromatic ring is 1. The summed E-state index contributed by atoms with van der Waals surface area (Å²) >= 11 is 3.35. The molecule has 4 nitrogen and oxygen atoms in total. The molecule has 5 heteroatoms. The molecule has 2 rings (SSSR count). The molecule has 0 bridgehead atoms. The zero-order valence-electron chi connectivity index (χ0n) is 10.3. The second kappa shape index (κ2) is 5.32. The Balaban J connectivity index is 2.31. The van der Waals surface area contributed by atoms with Gasteiger partial charge in [0, 0.05) is 11.3 Å². The van der Waals surface area contributed by atoms with Crippen LogP contribution in [0.4, 0.5) is 5.69 Å². The topological polar surface area (TPSA) is 78.3 Å². The maximum atomic E-state index is 11.1. The molecule has 2 aromatic carbocycles. The molecular weight excluding hydrogens is 308 g/mol. The van der Waals surface area contributed by atoms with E-state index in [9.17, 15) is 4.79 Å². The van der Waals surface area contributed by atoms with Crippen LogP contribution in [-0.4, -0.2) is 5.91 Å². The van der Waals surface area contributed by atoms with E-state index in [-0.39, 0.29) is 0 Å². The monoisotopic (exact) mass is 320 g/mol. The van der Waals surface area contributed by atoms with Gasteiger partial charge in [-0.1, -0.05) is 0 Å². The average molecular weight is 321 g/mol. The van der Waals surface area contributed by atoms with Crippen LogP contribution in [0.3, 0.4) is 0 Å². The summed E-state index contributed by atoms with van der Waals surface area (Å²) < 4.78 is 6.44. The van der Waals surface area contributed by atoms with Crippen LogP contribution >= 0.6 is 15.9 Å². The van der Waals surface area contributed by atoms with Crippen LogP contribution in [0.1, 0.15) is 15.9 Å². The summed E-state index contributed by atoms with van der Waals surface area (Å²) in [7, 11) is 0. The molecule has 0 unspecified atom stereocenters. The second-order valence-electron chi connectivity index (χ2n) is 4.14. The molecule has 0 radical (unpaired) electrons. The van der Waals surface area contributed by atoms with Crippen LogP contribution < -0.4 is 16.2 Å². The molecule has 0 heterocycles. The van der Waals surface area contributed by atoms with E-state index < -0.39 is 5.91 Å². The molecule has 0 fully saturated rings. The van der Waals surface area contributed by atoms with Gasteiger partial charge in [-0.2, -0.15) is 0 Å². The highest BCUT2D eigenvalue weighted by atomic mass is 79.9. The van der Waals surface area contributed by atoms with Crippen molar-refractivity contribution in [2.24, 2.45) is 5.73 Å². The van der Waals surface area contributed by atoms with Crippen molar-refractivity contribution in [3.05, 3.63) is 52.0 Å². The van der Waals surface area contributed by atoms with Crippen molar-refractivity contribution >= 4 is 27.5 Å². The standard InChI is InChI=1S/C14H13BrN2O2/c1-8-6-10(16)3-5-12(8)19-13-4-2-9(14(17)18)7-11(13)15/h2-7H,16H2,1H3,(H2,17,18). The molecule has 0 saturated carbocycles. The first-order valence-corrected chi connectivity index (χ1v) is 6.40. The van der Waals surface area contributed by atoms with E-state index in [0.717, 1.165) is 5.56 Å². The Bertz CT molecular complexity index is 641. The van der Waals surface area contributed by atoms with Gasteiger partial charge < -0.3 is 16.2 Å². The van der Waals surface area contributed by atoms with Crippen molar-refractivity contribution < 1.29 is 9.53 Å². The number of aryl methyl sites for hydroxylation is 1. The van der Waals surface area contributed by atoms with Crippen molar-refractivity contribution in [3.63, 3.8) is 0 Å². The fourth-order valence-electron chi connectivity index (χ4n) is 1.64. The molecule has 0 aliphatic rings. The predicted octanol–water partition coefficient (Wildman–Crippen LogP) is 3.23. The number of carbonyl (C=O) groups is 1. The first-order valence-electron chi connectivity index (χ1n) is 5.60. The molecule has 0 atom stereocenters. The lowest BCUT2D eigenvalue weighted by atomic mass is 10.2. The highest BCUT2D eigenvalue weighted by molar-refractivity contribution is 9.10. The Labute approximate surface area is 119 Å². The molecule has 4 N–H and O–H groups in total. The van der Waals surface area contributed by atoms with Gasteiger partial charge in [0.1, 0.15) is 11.5 Å². The van der Waals surface area contributed by atoms with E-state index in [1.54, 1.807) is 30.3 Å². The summed E-state index contributed by atoms with van der Waals surface area (Å²) in [6.07, 6.45) is 0. The number of hydrogen-bond donors (Lipinski definition) is 2. The molecule has 98 valence electrons. The third kappa shape index (κ3) is 3.06. The van der Waals surface area contributed by atoms with E-state index >= 15 is 0 Å². The van der Waals surface area contributed by atoms with Crippen molar-refractivity contribution in [3.8, 4) is 11.5 Å². The Morgan fingerprint density at radius 3 is 2.42 bits per heavy atom. The van der Waals surface area contributed by atoms with Gasteiger partial charge in [-0.05, 0) is 64.8 Å². The van der Waals surface area contributed by atoms with Crippen LogP contribution in [0.5, 0.6) is 11.5 Å². The number of amides is 1. The van der Waals surface area contributed by atoms with Gasteiger partial charge in [-0.15, -0.1) is 0 Å². The summed E-state index contributed by atoms with van der Waals surface area (Å²) in [6, 6.07) is 10.4. The van der Waals surface area contributed by atoms with E-state index in [1.165, 1.54) is 0 Å². The Morgan fingerprint density at radius 2 is 1.84 bits per heavy atom. The number of nitrogens with two attached hydrogens (primary N) is 2. The summed E-state index contributed by atoms with van der Waals surface area (Å²) in [5.41, 5.74) is 12.9. The van der Waals surface area contributed by atoms with E-state index in [4.69, 9.17) is 16.2 Å². The fraction of sp³-hybridized carbons (Fsp3) is 0.0714. The molecule has 0 spiro atoms. The largest absolute Gasteiger partial charge is 0.456 e. The molecule has 19 heavy (non-hydrogen) atoms. The molecule has 0 saturated heterocycles. The zero-order chi connectivity index (χ0) is 14.0. The van der Waals surface area contributed by atoms with Crippen LogP contribution in [0.2, 0.25) is 0 Å². The van der Waals surface area contributed by atoms with Crippen molar-refractivity contribution in [1.29, 1.82) is 0 Å². The minimum Gasteiger partial charge on any atom is -0.456 e. The quantitative estimate of drug-likeness (QED) is 0.852. The van der Waals surface area contributed by atoms with Crippen LogP contribution in [0.25, 0.3) is 0 Å². The summed E-state index contributed by atoms with van der Waals surface area (Å²) in [4.78, 5) is 11.1. The van der Waals surface area contributed by atoms with E-state index in [0.29, 0.717) is 27.2 Å². The summed E-state index contributed by atoms with van der Waals surface area (Å²) in [5, 5.41) is 0. The van der Waals surface area contributed by atoms with Crippen molar-refractivity contribution in [2.75, 3.05) is 5.73 Å². The first kappa shape index (κ1) is 13.4. The molecule has 0 aliphatic heterocycles. The lowest BCUT2D eigenvalue weighted by Gasteiger charge is -2.11. The summed E-state index contributed by atoms with van der Waals surface area (Å²) in [5.74, 6) is 0.843. The van der Waals surface area contributed by atoms with Gasteiger partial charge >= 0.3 is 0 Å². The van der Waals surface area contributed by atoms with Crippen LogP contribution in [-0.2, 0) is 0 Å². The maximum absolute atomic E-state index is 11.1. The minimum atomic E-state index is -0.476. The van der Waals surface area contributed by atoms with Gasteiger partial charge in [0.15, 0.2) is 0 Å². The minimum absolute atomic E-state index is 0.424. The molecule has 0 aromatic heterocycles. The van der Waals surface area contributed by atoms with E-state index in [1.807, 2.05) is 13.0 Å². The number of halogens is 1. The van der Waals surface area contributed by atoms with Gasteiger partial charge in [0.05, 0.1) is 4.47 Å². The number of anilines is 1. The lowest BCUT2D eigenvalue weighted by Crippen LogP contribution is -2.10. The lowest BCUT2D eigenvalue weighted by molar-refractivity contribution is 0.1000. The zero-order valence-corrected chi connectivity index (χ0v) is 11.9. The molecule has 2 aromatic rings. The highest BCUT2D eigenvalue weighted by Gasteiger charge is 2.08. The maximum Gasteiger partial charge on any atom is 0.248 e. The molecule has 1 amide bonds. The van der Waals surface area contributed by atoms with Gasteiger partial charge in [-0.3, -0.25) is 4.79 Å². The third-order valence-corrected chi connectivity index (χ3v) is 3.26. The summed E-state index contributed by atoms with van der Waals surface area (Å²) in [6.45, 7) is 1.91. The van der Waals surface area contributed by atoms with Gasteiger partial charge in [0.2, 0.25) is 5.91 Å².